The van der Waals surface area contributed by atoms with Gasteiger partial charge in [0, 0.05) is 33.3 Å². The maximum atomic E-state index is 6.61. The van der Waals surface area contributed by atoms with Crippen molar-refractivity contribution in [2.45, 2.75) is 5.41 Å². The second-order valence-electron chi connectivity index (χ2n) is 12.1. The molecule has 0 radical (unpaired) electrons. The summed E-state index contributed by atoms with van der Waals surface area (Å²) >= 11 is 0. The molecular formula is C43H27NO2. The molecule has 1 N–H and O–H groups in total. The van der Waals surface area contributed by atoms with Gasteiger partial charge in [0.15, 0.2) is 0 Å². The van der Waals surface area contributed by atoms with E-state index in [4.69, 9.17) is 9.15 Å². The number of furan rings is 1. The van der Waals surface area contributed by atoms with Gasteiger partial charge in [0.1, 0.15) is 22.7 Å². The predicted molar refractivity (Wildman–Crippen MR) is 186 cm³/mol. The molecule has 3 nitrogen and oxygen atoms in total. The number of ether oxygens (including phenoxy) is 1. The molecule has 0 saturated heterocycles. The van der Waals surface area contributed by atoms with E-state index in [1.807, 2.05) is 12.1 Å². The highest BCUT2D eigenvalue weighted by Crippen LogP contribution is 2.62. The number of para-hydroxylation sites is 1. The highest BCUT2D eigenvalue weighted by atomic mass is 16.5. The standard InChI is InChI=1S/C43H27NO2/c1-2-11-27(12-3-1)30-15-10-20-41-42(30)33-25-28(21-23-38(33)45-41)44-29-22-24-40-37(26-29)43(36-18-8-9-19-39(36)46-40)34-16-6-4-13-31(34)32-14-5-7-17-35(32)43/h1-26,44H. The van der Waals surface area contributed by atoms with Gasteiger partial charge >= 0.3 is 0 Å². The quantitative estimate of drug-likeness (QED) is 0.223. The smallest absolute Gasteiger partial charge is 0.136 e. The molecule has 8 aromatic rings. The fourth-order valence-corrected chi connectivity index (χ4v) is 7.86. The summed E-state index contributed by atoms with van der Waals surface area (Å²) < 4.78 is 12.9. The van der Waals surface area contributed by atoms with E-state index in [1.165, 1.54) is 33.4 Å². The van der Waals surface area contributed by atoms with E-state index in [0.29, 0.717) is 0 Å². The van der Waals surface area contributed by atoms with Crippen molar-refractivity contribution < 1.29 is 9.15 Å². The number of benzene rings is 7. The lowest BCUT2D eigenvalue weighted by Crippen LogP contribution is -2.32. The summed E-state index contributed by atoms with van der Waals surface area (Å²) in [6.45, 7) is 0. The summed E-state index contributed by atoms with van der Waals surface area (Å²) in [7, 11) is 0. The molecule has 1 aliphatic heterocycles. The molecule has 2 aliphatic rings. The zero-order chi connectivity index (χ0) is 30.2. The summed E-state index contributed by atoms with van der Waals surface area (Å²) in [6.07, 6.45) is 0. The minimum absolute atomic E-state index is 0.496. The van der Waals surface area contributed by atoms with Crippen LogP contribution < -0.4 is 10.1 Å². The van der Waals surface area contributed by atoms with Gasteiger partial charge in [0.25, 0.3) is 0 Å². The Kier molecular flexibility index (Phi) is 5.20. The van der Waals surface area contributed by atoms with E-state index in [0.717, 1.165) is 55.9 Å². The molecule has 2 heterocycles. The summed E-state index contributed by atoms with van der Waals surface area (Å²) in [5, 5.41) is 5.95. The number of hydrogen-bond acceptors (Lipinski definition) is 3. The summed E-state index contributed by atoms with van der Waals surface area (Å²) in [5.41, 5.74) is 13.0. The fraction of sp³-hybridized carbons (Fsp3) is 0.0233. The van der Waals surface area contributed by atoms with Crippen molar-refractivity contribution in [3.05, 3.63) is 180 Å². The number of hydrogen-bond donors (Lipinski definition) is 1. The van der Waals surface area contributed by atoms with Gasteiger partial charge in [-0.2, -0.15) is 0 Å². The van der Waals surface area contributed by atoms with Crippen molar-refractivity contribution >= 4 is 33.3 Å². The lowest BCUT2D eigenvalue weighted by molar-refractivity contribution is 0.436. The third-order valence-electron chi connectivity index (χ3n) is 9.72. The lowest BCUT2D eigenvalue weighted by atomic mass is 9.66. The highest BCUT2D eigenvalue weighted by Gasteiger charge is 2.50. The molecule has 0 atom stereocenters. The third kappa shape index (κ3) is 3.43. The molecule has 0 fully saturated rings. The molecule has 216 valence electrons. The van der Waals surface area contributed by atoms with Crippen LogP contribution in [0.5, 0.6) is 11.5 Å². The van der Waals surface area contributed by atoms with E-state index in [-0.39, 0.29) is 0 Å². The molecule has 1 aromatic heterocycles. The number of nitrogens with one attached hydrogen (secondary N) is 1. The Labute approximate surface area is 266 Å². The molecule has 0 unspecified atom stereocenters. The van der Waals surface area contributed by atoms with Crippen molar-refractivity contribution in [2.24, 2.45) is 0 Å². The number of fused-ring (bicyclic) bond motifs is 12. The van der Waals surface area contributed by atoms with Gasteiger partial charge in [-0.05, 0) is 81.9 Å². The van der Waals surface area contributed by atoms with Gasteiger partial charge in [-0.3, -0.25) is 0 Å². The maximum absolute atomic E-state index is 6.61. The predicted octanol–water partition coefficient (Wildman–Crippen LogP) is 11.5. The van der Waals surface area contributed by atoms with Crippen LogP contribution in [0.1, 0.15) is 22.3 Å². The largest absolute Gasteiger partial charge is 0.457 e. The van der Waals surface area contributed by atoms with Gasteiger partial charge in [0.2, 0.25) is 0 Å². The van der Waals surface area contributed by atoms with Gasteiger partial charge < -0.3 is 14.5 Å². The van der Waals surface area contributed by atoms with Gasteiger partial charge in [-0.15, -0.1) is 0 Å². The Morgan fingerprint density at radius 1 is 0.435 bits per heavy atom. The first kappa shape index (κ1) is 25.3. The van der Waals surface area contributed by atoms with Crippen LogP contribution in [-0.4, -0.2) is 0 Å². The zero-order valence-corrected chi connectivity index (χ0v) is 24.8. The van der Waals surface area contributed by atoms with Crippen LogP contribution in [-0.2, 0) is 5.41 Å². The average Bonchev–Trinajstić information content (AvgIpc) is 3.63. The van der Waals surface area contributed by atoms with Crippen LogP contribution in [0, 0.1) is 0 Å². The van der Waals surface area contributed by atoms with Gasteiger partial charge in [-0.1, -0.05) is 109 Å². The molecule has 0 saturated carbocycles. The normalized spacial score (nSPS) is 13.6. The molecule has 1 spiro atoms. The average molecular weight is 590 g/mol. The molecule has 46 heavy (non-hydrogen) atoms. The molecule has 7 aromatic carbocycles. The molecule has 3 heteroatoms. The molecule has 1 aliphatic carbocycles. The van der Waals surface area contributed by atoms with Gasteiger partial charge in [0.05, 0.1) is 5.41 Å². The Bertz CT molecular complexity index is 2440. The summed E-state index contributed by atoms with van der Waals surface area (Å²) in [6, 6.07) is 55.8. The second-order valence-corrected chi connectivity index (χ2v) is 12.1. The van der Waals surface area contributed by atoms with Crippen LogP contribution in [0.3, 0.4) is 0 Å². The van der Waals surface area contributed by atoms with Crippen LogP contribution >= 0.6 is 0 Å². The van der Waals surface area contributed by atoms with E-state index in [9.17, 15) is 0 Å². The molecular weight excluding hydrogens is 562 g/mol. The first-order valence-electron chi connectivity index (χ1n) is 15.7. The van der Waals surface area contributed by atoms with E-state index in [2.05, 4.69) is 151 Å². The first-order valence-corrected chi connectivity index (χ1v) is 15.7. The minimum Gasteiger partial charge on any atom is -0.457 e. The lowest BCUT2D eigenvalue weighted by Gasteiger charge is -2.39. The Balaban J connectivity index is 1.15. The van der Waals surface area contributed by atoms with E-state index < -0.39 is 5.41 Å². The summed E-state index contributed by atoms with van der Waals surface area (Å²) in [5.74, 6) is 1.77. The van der Waals surface area contributed by atoms with Crippen molar-refractivity contribution in [1.29, 1.82) is 0 Å². The Hall–Kier alpha value is -6.06. The maximum Gasteiger partial charge on any atom is 0.136 e. The van der Waals surface area contributed by atoms with E-state index in [1.54, 1.807) is 0 Å². The molecule has 0 amide bonds. The highest BCUT2D eigenvalue weighted by molar-refractivity contribution is 6.13. The van der Waals surface area contributed by atoms with Crippen molar-refractivity contribution in [2.75, 3.05) is 5.32 Å². The Morgan fingerprint density at radius 3 is 1.87 bits per heavy atom. The molecule has 0 bridgehead atoms. The minimum atomic E-state index is -0.496. The van der Waals surface area contributed by atoms with Gasteiger partial charge in [-0.25, -0.2) is 0 Å². The summed E-state index contributed by atoms with van der Waals surface area (Å²) in [4.78, 5) is 0. The van der Waals surface area contributed by atoms with Crippen molar-refractivity contribution in [1.82, 2.24) is 0 Å². The second kappa shape index (κ2) is 9.47. The van der Waals surface area contributed by atoms with Crippen LogP contribution in [0.25, 0.3) is 44.2 Å². The van der Waals surface area contributed by atoms with Crippen LogP contribution in [0.4, 0.5) is 11.4 Å². The SMILES string of the molecule is c1ccc(-c2cccc3oc4ccc(Nc5ccc6c(c5)C5(c7ccccc7O6)c6ccccc6-c6ccccc65)cc4c23)cc1. The monoisotopic (exact) mass is 589 g/mol. The third-order valence-corrected chi connectivity index (χ3v) is 9.72. The van der Waals surface area contributed by atoms with Crippen molar-refractivity contribution in [3.63, 3.8) is 0 Å². The topological polar surface area (TPSA) is 34.4 Å². The first-order chi connectivity index (χ1) is 22.8. The Morgan fingerprint density at radius 2 is 1.07 bits per heavy atom. The van der Waals surface area contributed by atoms with Crippen LogP contribution in [0.2, 0.25) is 0 Å². The number of anilines is 2. The van der Waals surface area contributed by atoms with Crippen molar-refractivity contribution in [3.8, 4) is 33.8 Å². The van der Waals surface area contributed by atoms with E-state index >= 15 is 0 Å². The molecule has 10 rings (SSSR count). The fourth-order valence-electron chi connectivity index (χ4n) is 7.86. The van der Waals surface area contributed by atoms with Crippen LogP contribution in [0.15, 0.2) is 162 Å². The zero-order valence-electron chi connectivity index (χ0n) is 24.8. The number of rotatable bonds is 3.